The van der Waals surface area contributed by atoms with Crippen LogP contribution in [-0.4, -0.2) is 57.9 Å². The van der Waals surface area contributed by atoms with E-state index in [0.29, 0.717) is 0 Å². The van der Waals surface area contributed by atoms with Crippen molar-refractivity contribution < 1.29 is 0 Å². The Kier molecular flexibility index (Phi) is 4.80. The molecule has 152 valence electrons. The van der Waals surface area contributed by atoms with Crippen molar-refractivity contribution in [3.63, 3.8) is 0 Å². The van der Waals surface area contributed by atoms with Crippen LogP contribution in [0.3, 0.4) is 0 Å². The number of piperazine rings is 1. The summed E-state index contributed by atoms with van der Waals surface area (Å²) in [5.74, 6) is 1.52. The Balaban J connectivity index is 1.62. The van der Waals surface area contributed by atoms with Gasteiger partial charge in [0.25, 0.3) is 0 Å². The second-order valence-corrected chi connectivity index (χ2v) is 7.79. The van der Waals surface area contributed by atoms with Crippen molar-refractivity contribution in [1.82, 2.24) is 24.6 Å². The summed E-state index contributed by atoms with van der Waals surface area (Å²) in [4.78, 5) is 14.4. The van der Waals surface area contributed by atoms with Crippen LogP contribution in [0, 0.1) is 6.92 Å². The van der Waals surface area contributed by atoms with Crippen molar-refractivity contribution in [3.05, 3.63) is 66.4 Å². The largest absolute Gasteiger partial charge is 0.339 e. The van der Waals surface area contributed by atoms with E-state index in [9.17, 15) is 0 Å². The van der Waals surface area contributed by atoms with Crippen molar-refractivity contribution in [2.45, 2.75) is 6.92 Å². The number of anilines is 3. The van der Waals surface area contributed by atoms with Gasteiger partial charge in [0.1, 0.15) is 5.82 Å². The van der Waals surface area contributed by atoms with Gasteiger partial charge in [0.15, 0.2) is 5.65 Å². The number of likely N-dealkylation sites (N-methyl/N-ethyl adjacent to an activating group) is 1. The Hall–Kier alpha value is -3.45. The molecule has 30 heavy (non-hydrogen) atoms. The van der Waals surface area contributed by atoms with Gasteiger partial charge < -0.3 is 15.1 Å². The standard InChI is InChI=1S/C23H25N7/c1-17-7-6-8-18(15-17)25-21-20-16-24-30(19-9-4-3-5-10-19)22(20)27-23(26-21)29-13-11-28(2)12-14-29/h3-10,15-16H,11-14H2,1-2H3,(H,25,26,27). The molecule has 1 aliphatic heterocycles. The van der Waals surface area contributed by atoms with Gasteiger partial charge in [-0.3, -0.25) is 0 Å². The smallest absolute Gasteiger partial charge is 0.229 e. The van der Waals surface area contributed by atoms with Crippen molar-refractivity contribution in [3.8, 4) is 5.69 Å². The average Bonchev–Trinajstić information content (AvgIpc) is 3.19. The first-order valence-corrected chi connectivity index (χ1v) is 10.3. The minimum Gasteiger partial charge on any atom is -0.339 e. The van der Waals surface area contributed by atoms with Crippen LogP contribution in [0.25, 0.3) is 16.7 Å². The van der Waals surface area contributed by atoms with Crippen LogP contribution >= 0.6 is 0 Å². The molecule has 0 amide bonds. The van der Waals surface area contributed by atoms with Crippen molar-refractivity contribution in [2.24, 2.45) is 0 Å². The predicted octanol–water partition coefficient (Wildman–Crippen LogP) is 3.62. The first-order chi connectivity index (χ1) is 14.7. The zero-order chi connectivity index (χ0) is 20.5. The number of fused-ring (bicyclic) bond motifs is 1. The number of aryl methyl sites for hydroxylation is 1. The molecule has 1 N–H and O–H groups in total. The molecule has 0 saturated carbocycles. The van der Waals surface area contributed by atoms with Gasteiger partial charge in [-0.15, -0.1) is 0 Å². The van der Waals surface area contributed by atoms with E-state index in [4.69, 9.17) is 9.97 Å². The lowest BCUT2D eigenvalue weighted by Gasteiger charge is -2.32. The number of benzene rings is 2. The molecule has 1 aliphatic rings. The number of para-hydroxylation sites is 1. The minimum atomic E-state index is 0.739. The quantitative estimate of drug-likeness (QED) is 0.566. The molecule has 0 atom stereocenters. The molecule has 4 aromatic rings. The highest BCUT2D eigenvalue weighted by Crippen LogP contribution is 2.28. The molecule has 3 heterocycles. The average molecular weight is 400 g/mol. The second-order valence-electron chi connectivity index (χ2n) is 7.79. The number of aromatic nitrogens is 4. The molecule has 1 saturated heterocycles. The van der Waals surface area contributed by atoms with Gasteiger partial charge in [-0.2, -0.15) is 15.1 Å². The predicted molar refractivity (Wildman–Crippen MR) is 121 cm³/mol. The first-order valence-electron chi connectivity index (χ1n) is 10.3. The third-order valence-corrected chi connectivity index (χ3v) is 5.48. The Morgan fingerprint density at radius 1 is 0.900 bits per heavy atom. The highest BCUT2D eigenvalue weighted by Gasteiger charge is 2.21. The molecular weight excluding hydrogens is 374 g/mol. The summed E-state index contributed by atoms with van der Waals surface area (Å²) in [5, 5.41) is 9.03. The van der Waals surface area contributed by atoms with Gasteiger partial charge in [0.2, 0.25) is 5.95 Å². The van der Waals surface area contributed by atoms with Crippen LogP contribution in [-0.2, 0) is 0 Å². The van der Waals surface area contributed by atoms with Gasteiger partial charge in [-0.25, -0.2) is 4.68 Å². The molecule has 7 heteroatoms. The Morgan fingerprint density at radius 3 is 2.47 bits per heavy atom. The molecule has 5 rings (SSSR count). The molecule has 0 radical (unpaired) electrons. The number of hydrogen-bond donors (Lipinski definition) is 1. The number of nitrogens with zero attached hydrogens (tertiary/aromatic N) is 6. The SMILES string of the molecule is Cc1cccc(Nc2nc(N3CCN(C)CC3)nc3c2cnn3-c2ccccc2)c1. The molecule has 0 unspecified atom stereocenters. The molecule has 7 nitrogen and oxygen atoms in total. The molecule has 1 fully saturated rings. The summed E-state index contributed by atoms with van der Waals surface area (Å²) < 4.78 is 1.89. The summed E-state index contributed by atoms with van der Waals surface area (Å²) in [5.41, 5.74) is 3.99. The minimum absolute atomic E-state index is 0.739. The van der Waals surface area contributed by atoms with Crippen molar-refractivity contribution >= 4 is 28.5 Å². The van der Waals surface area contributed by atoms with Gasteiger partial charge >= 0.3 is 0 Å². The van der Waals surface area contributed by atoms with E-state index in [-0.39, 0.29) is 0 Å². The maximum Gasteiger partial charge on any atom is 0.229 e. The topological polar surface area (TPSA) is 62.1 Å². The number of nitrogens with one attached hydrogen (secondary N) is 1. The third-order valence-electron chi connectivity index (χ3n) is 5.48. The maximum atomic E-state index is 4.94. The lowest BCUT2D eigenvalue weighted by Crippen LogP contribution is -2.45. The Bertz CT molecular complexity index is 1160. The zero-order valence-electron chi connectivity index (χ0n) is 17.3. The molecule has 0 spiro atoms. The van der Waals surface area contributed by atoms with Crippen LogP contribution in [0.1, 0.15) is 5.56 Å². The molecule has 2 aromatic carbocycles. The third kappa shape index (κ3) is 3.59. The normalized spacial score (nSPS) is 14.9. The van der Waals surface area contributed by atoms with Crippen LogP contribution < -0.4 is 10.2 Å². The Labute approximate surface area is 176 Å². The van der Waals surface area contributed by atoms with Gasteiger partial charge in [-0.1, -0.05) is 30.3 Å². The van der Waals surface area contributed by atoms with E-state index in [1.54, 1.807) is 0 Å². The highest BCUT2D eigenvalue weighted by molar-refractivity contribution is 5.90. The zero-order valence-corrected chi connectivity index (χ0v) is 17.3. The summed E-state index contributed by atoms with van der Waals surface area (Å²) in [7, 11) is 2.15. The fraction of sp³-hybridized carbons (Fsp3) is 0.261. The van der Waals surface area contributed by atoms with E-state index in [0.717, 1.165) is 60.4 Å². The maximum absolute atomic E-state index is 4.94. The fourth-order valence-corrected chi connectivity index (χ4v) is 3.76. The van der Waals surface area contributed by atoms with E-state index >= 15 is 0 Å². The molecule has 0 bridgehead atoms. The fourth-order valence-electron chi connectivity index (χ4n) is 3.76. The van der Waals surface area contributed by atoms with E-state index in [1.165, 1.54) is 5.56 Å². The van der Waals surface area contributed by atoms with E-state index in [1.807, 2.05) is 47.3 Å². The van der Waals surface area contributed by atoms with Crippen LogP contribution in [0.4, 0.5) is 17.5 Å². The van der Waals surface area contributed by atoms with Crippen molar-refractivity contribution in [2.75, 3.05) is 43.4 Å². The summed E-state index contributed by atoms with van der Waals surface area (Å²) in [6, 6.07) is 18.4. The summed E-state index contributed by atoms with van der Waals surface area (Å²) in [6.45, 7) is 5.90. The van der Waals surface area contributed by atoms with Crippen LogP contribution in [0.2, 0.25) is 0 Å². The second kappa shape index (κ2) is 7.76. The molecule has 0 aliphatic carbocycles. The lowest BCUT2D eigenvalue weighted by molar-refractivity contribution is 0.311. The number of rotatable bonds is 4. The van der Waals surface area contributed by atoms with Crippen molar-refractivity contribution in [1.29, 1.82) is 0 Å². The van der Waals surface area contributed by atoms with Gasteiger partial charge in [0.05, 0.1) is 17.3 Å². The summed E-state index contributed by atoms with van der Waals surface area (Å²) in [6.07, 6.45) is 1.84. The first kappa shape index (κ1) is 18.6. The monoisotopic (exact) mass is 399 g/mol. The Morgan fingerprint density at radius 2 is 1.70 bits per heavy atom. The highest BCUT2D eigenvalue weighted by atomic mass is 15.4. The summed E-state index contributed by atoms with van der Waals surface area (Å²) >= 11 is 0. The molecular formula is C23H25N7. The van der Waals surface area contributed by atoms with Gasteiger partial charge in [0, 0.05) is 31.9 Å². The van der Waals surface area contributed by atoms with Crippen LogP contribution in [0.5, 0.6) is 0 Å². The van der Waals surface area contributed by atoms with Crippen LogP contribution in [0.15, 0.2) is 60.8 Å². The van der Waals surface area contributed by atoms with E-state index < -0.39 is 0 Å². The lowest BCUT2D eigenvalue weighted by atomic mass is 10.2. The number of hydrogen-bond acceptors (Lipinski definition) is 6. The molecule has 2 aromatic heterocycles. The van der Waals surface area contributed by atoms with Gasteiger partial charge in [-0.05, 0) is 43.8 Å². The van der Waals surface area contributed by atoms with E-state index in [2.05, 4.69) is 52.4 Å².